The summed E-state index contributed by atoms with van der Waals surface area (Å²) in [5.41, 5.74) is 0.547. The molecule has 0 saturated carbocycles. The van der Waals surface area contributed by atoms with Crippen LogP contribution in [-0.4, -0.2) is 6.36 Å². The number of hydrogen-bond donors (Lipinski definition) is 0. The van der Waals surface area contributed by atoms with Crippen LogP contribution >= 0.6 is 0 Å². The summed E-state index contributed by atoms with van der Waals surface area (Å²) in [5.74, 6) is -0.299. The predicted molar refractivity (Wildman–Crippen MR) is 47.1 cm³/mol. The average molecular weight is 220 g/mol. The van der Waals surface area contributed by atoms with Gasteiger partial charge in [-0.1, -0.05) is 18.2 Å². The van der Waals surface area contributed by atoms with Crippen molar-refractivity contribution in [3.63, 3.8) is 0 Å². The molecule has 0 N–H and O–H groups in total. The Labute approximate surface area is 84.0 Å². The van der Waals surface area contributed by atoms with Gasteiger partial charge >= 0.3 is 6.36 Å². The van der Waals surface area contributed by atoms with E-state index in [0.717, 1.165) is 0 Å². The highest BCUT2D eigenvalue weighted by atomic mass is 19.4. The summed E-state index contributed by atoms with van der Waals surface area (Å²) >= 11 is 0. The number of rotatable bonds is 3. The topological polar surface area (TPSA) is 9.23 Å². The molecule has 0 bridgehead atoms. The molecular weight excluding hydrogens is 212 g/mol. The minimum atomic E-state index is -4.70. The van der Waals surface area contributed by atoms with E-state index in [0.29, 0.717) is 11.9 Å². The lowest BCUT2D eigenvalue weighted by molar-refractivity contribution is -0.274. The van der Waals surface area contributed by atoms with Gasteiger partial charge in [-0.2, -0.15) is 0 Å². The quantitative estimate of drug-likeness (QED) is 0.707. The third-order valence-electron chi connectivity index (χ3n) is 1.57. The van der Waals surface area contributed by atoms with Gasteiger partial charge < -0.3 is 4.74 Å². The lowest BCUT2D eigenvalue weighted by Crippen LogP contribution is -2.17. The third-order valence-corrected chi connectivity index (χ3v) is 1.57. The molecule has 82 valence electrons. The monoisotopic (exact) mass is 220 g/mol. The molecule has 0 heterocycles. The average Bonchev–Trinajstić information content (AvgIpc) is 2.12. The molecule has 1 nitrogen and oxygen atoms in total. The maximum Gasteiger partial charge on any atom is 0.573 e. The van der Waals surface area contributed by atoms with Crippen LogP contribution in [0, 0.1) is 0 Å². The fourth-order valence-corrected chi connectivity index (χ4v) is 1.05. The first-order chi connectivity index (χ1) is 7.01. The van der Waals surface area contributed by atoms with Gasteiger partial charge in [0.25, 0.3) is 0 Å². The molecule has 1 aromatic carbocycles. The first kappa shape index (κ1) is 11.6. The third kappa shape index (κ3) is 4.49. The van der Waals surface area contributed by atoms with Crippen LogP contribution in [0.25, 0.3) is 0 Å². The Bertz CT molecular complexity index is 344. The van der Waals surface area contributed by atoms with E-state index in [1.807, 2.05) is 0 Å². The van der Waals surface area contributed by atoms with Gasteiger partial charge in [-0.3, -0.25) is 0 Å². The molecule has 0 fully saturated rings. The molecule has 1 rings (SSSR count). The number of allylic oxidation sites excluding steroid dienone is 1. The second-order valence-corrected chi connectivity index (χ2v) is 2.76. The molecule has 0 saturated heterocycles. The Morgan fingerprint density at radius 1 is 1.27 bits per heavy atom. The molecule has 0 aliphatic carbocycles. The summed E-state index contributed by atoms with van der Waals surface area (Å²) in [7, 11) is 0. The zero-order chi connectivity index (χ0) is 11.3. The van der Waals surface area contributed by atoms with Crippen LogP contribution in [0.3, 0.4) is 0 Å². The van der Waals surface area contributed by atoms with E-state index in [9.17, 15) is 17.6 Å². The number of hydrogen-bond acceptors (Lipinski definition) is 1. The van der Waals surface area contributed by atoms with Gasteiger partial charge in [0.2, 0.25) is 0 Å². The fraction of sp³-hybridized carbons (Fsp3) is 0.200. The highest BCUT2D eigenvalue weighted by Gasteiger charge is 2.30. The first-order valence-corrected chi connectivity index (χ1v) is 4.11. The van der Waals surface area contributed by atoms with Gasteiger partial charge in [-0.05, 0) is 24.1 Å². The van der Waals surface area contributed by atoms with Gasteiger partial charge in [0.15, 0.2) is 0 Å². The van der Waals surface area contributed by atoms with Crippen molar-refractivity contribution in [1.82, 2.24) is 0 Å². The molecule has 0 radical (unpaired) electrons. The second-order valence-electron chi connectivity index (χ2n) is 2.76. The number of ether oxygens (including phenoxy) is 1. The molecule has 0 unspecified atom stereocenters. The van der Waals surface area contributed by atoms with Gasteiger partial charge in [0.05, 0.1) is 6.33 Å². The Morgan fingerprint density at radius 2 is 2.00 bits per heavy atom. The smallest absolute Gasteiger partial charge is 0.406 e. The Morgan fingerprint density at radius 3 is 2.60 bits per heavy atom. The highest BCUT2D eigenvalue weighted by Crippen LogP contribution is 2.23. The van der Waals surface area contributed by atoms with Crippen molar-refractivity contribution in [2.75, 3.05) is 0 Å². The van der Waals surface area contributed by atoms with Crippen LogP contribution in [0.1, 0.15) is 5.56 Å². The molecule has 0 aliphatic heterocycles. The van der Waals surface area contributed by atoms with Crippen molar-refractivity contribution in [2.45, 2.75) is 12.8 Å². The maximum atomic E-state index is 11.8. The molecule has 0 spiro atoms. The van der Waals surface area contributed by atoms with Crippen molar-refractivity contribution in [3.05, 3.63) is 42.2 Å². The Kier molecular flexibility index (Phi) is 3.71. The minimum absolute atomic E-state index is 0.228. The molecule has 15 heavy (non-hydrogen) atoms. The van der Waals surface area contributed by atoms with E-state index >= 15 is 0 Å². The van der Waals surface area contributed by atoms with Crippen molar-refractivity contribution in [1.29, 1.82) is 0 Å². The van der Waals surface area contributed by atoms with Crippen molar-refractivity contribution < 1.29 is 22.3 Å². The maximum absolute atomic E-state index is 11.8. The second kappa shape index (κ2) is 4.82. The Balaban J connectivity index is 2.74. The van der Waals surface area contributed by atoms with Crippen molar-refractivity contribution >= 4 is 0 Å². The SMILES string of the molecule is F/C=C/Cc1cccc(OC(F)(F)F)c1. The molecule has 0 aromatic heterocycles. The normalized spacial score (nSPS) is 12.0. The fourth-order valence-electron chi connectivity index (χ4n) is 1.05. The van der Waals surface area contributed by atoms with E-state index in [2.05, 4.69) is 4.74 Å². The molecule has 1 aromatic rings. The summed E-state index contributed by atoms with van der Waals surface area (Å²) in [6.45, 7) is 0. The van der Waals surface area contributed by atoms with E-state index in [4.69, 9.17) is 0 Å². The van der Waals surface area contributed by atoms with Crippen LogP contribution in [0.15, 0.2) is 36.7 Å². The van der Waals surface area contributed by atoms with Crippen LogP contribution < -0.4 is 4.74 Å². The van der Waals surface area contributed by atoms with Crippen LogP contribution in [0.5, 0.6) is 5.75 Å². The highest BCUT2D eigenvalue weighted by molar-refractivity contribution is 5.29. The summed E-state index contributed by atoms with van der Waals surface area (Å²) in [5, 5.41) is 0. The lowest BCUT2D eigenvalue weighted by atomic mass is 10.1. The van der Waals surface area contributed by atoms with Crippen LogP contribution in [0.2, 0.25) is 0 Å². The number of alkyl halides is 3. The summed E-state index contributed by atoms with van der Waals surface area (Å²) in [6.07, 6.45) is -2.93. The number of halogens is 4. The van der Waals surface area contributed by atoms with Crippen molar-refractivity contribution in [3.8, 4) is 5.75 Å². The molecule has 0 aliphatic rings. The molecule has 0 atom stereocenters. The standard InChI is InChI=1S/C10H8F4O/c11-6-2-4-8-3-1-5-9(7-8)15-10(12,13)14/h1-3,5-7H,4H2/b6-2+. The first-order valence-electron chi connectivity index (χ1n) is 4.11. The number of benzene rings is 1. The van der Waals surface area contributed by atoms with Crippen molar-refractivity contribution in [2.24, 2.45) is 0 Å². The zero-order valence-electron chi connectivity index (χ0n) is 7.59. The van der Waals surface area contributed by atoms with Gasteiger partial charge in [0, 0.05) is 0 Å². The largest absolute Gasteiger partial charge is 0.573 e. The molecular formula is C10H8F4O. The van der Waals surface area contributed by atoms with Crippen LogP contribution in [0.4, 0.5) is 17.6 Å². The summed E-state index contributed by atoms with van der Waals surface area (Å²) < 4.78 is 50.8. The molecule has 5 heteroatoms. The van der Waals surface area contributed by atoms with E-state index < -0.39 is 6.36 Å². The van der Waals surface area contributed by atoms with Crippen LogP contribution in [-0.2, 0) is 6.42 Å². The predicted octanol–water partition coefficient (Wildman–Crippen LogP) is 3.61. The van der Waals surface area contributed by atoms with Gasteiger partial charge in [-0.25, -0.2) is 4.39 Å². The van der Waals surface area contributed by atoms with E-state index in [1.165, 1.54) is 24.3 Å². The Hall–Kier alpha value is -1.52. The minimum Gasteiger partial charge on any atom is -0.406 e. The zero-order valence-corrected chi connectivity index (χ0v) is 7.59. The summed E-state index contributed by atoms with van der Waals surface area (Å²) in [6, 6.07) is 5.41. The lowest BCUT2D eigenvalue weighted by Gasteiger charge is -2.09. The van der Waals surface area contributed by atoms with E-state index in [-0.39, 0.29) is 12.2 Å². The van der Waals surface area contributed by atoms with E-state index in [1.54, 1.807) is 6.07 Å². The van der Waals surface area contributed by atoms with Gasteiger partial charge in [-0.15, -0.1) is 13.2 Å². The summed E-state index contributed by atoms with van der Waals surface area (Å²) in [4.78, 5) is 0. The van der Waals surface area contributed by atoms with Gasteiger partial charge in [0.1, 0.15) is 5.75 Å². The molecule has 0 amide bonds.